The van der Waals surface area contributed by atoms with Crippen LogP contribution in [0.3, 0.4) is 0 Å². The predicted octanol–water partition coefficient (Wildman–Crippen LogP) is 4.39. The standard InChI is InChI=1S/C14H26F2O/c1-3-5-6-11(4-2)9-13(17)12-7-8-14(15,16)10-12/h11-13,17H,3-10H2,1-2H3. The van der Waals surface area contributed by atoms with E-state index in [4.69, 9.17) is 0 Å². The molecule has 1 saturated carbocycles. The summed E-state index contributed by atoms with van der Waals surface area (Å²) in [7, 11) is 0. The van der Waals surface area contributed by atoms with Crippen LogP contribution in [0, 0.1) is 11.8 Å². The van der Waals surface area contributed by atoms with Crippen molar-refractivity contribution in [3.63, 3.8) is 0 Å². The summed E-state index contributed by atoms with van der Waals surface area (Å²) >= 11 is 0. The average Bonchev–Trinajstić information content (AvgIpc) is 2.64. The van der Waals surface area contributed by atoms with Crippen LogP contribution in [-0.2, 0) is 0 Å². The highest BCUT2D eigenvalue weighted by atomic mass is 19.3. The van der Waals surface area contributed by atoms with Gasteiger partial charge < -0.3 is 5.11 Å². The molecule has 1 rings (SSSR count). The first-order valence-corrected chi connectivity index (χ1v) is 7.04. The van der Waals surface area contributed by atoms with E-state index in [1.54, 1.807) is 0 Å². The lowest BCUT2D eigenvalue weighted by atomic mass is 9.87. The van der Waals surface area contributed by atoms with Gasteiger partial charge in [0.15, 0.2) is 0 Å². The third-order valence-corrected chi connectivity index (χ3v) is 4.10. The Bertz CT molecular complexity index is 218. The largest absolute Gasteiger partial charge is 0.393 e. The molecule has 1 N–H and O–H groups in total. The van der Waals surface area contributed by atoms with Gasteiger partial charge in [0.2, 0.25) is 5.92 Å². The maximum Gasteiger partial charge on any atom is 0.248 e. The summed E-state index contributed by atoms with van der Waals surface area (Å²) in [6.07, 6.45) is 5.01. The minimum Gasteiger partial charge on any atom is -0.393 e. The monoisotopic (exact) mass is 248 g/mol. The lowest BCUT2D eigenvalue weighted by Crippen LogP contribution is -2.23. The SMILES string of the molecule is CCCCC(CC)CC(O)C1CCC(F)(F)C1. The van der Waals surface area contributed by atoms with Crippen LogP contribution >= 0.6 is 0 Å². The third kappa shape index (κ3) is 4.90. The van der Waals surface area contributed by atoms with E-state index in [9.17, 15) is 13.9 Å². The second kappa shape index (κ2) is 6.67. The van der Waals surface area contributed by atoms with Crippen LogP contribution in [0.4, 0.5) is 8.78 Å². The Labute approximate surface area is 104 Å². The van der Waals surface area contributed by atoms with Crippen molar-refractivity contribution >= 4 is 0 Å². The molecule has 0 aromatic rings. The summed E-state index contributed by atoms with van der Waals surface area (Å²) in [6.45, 7) is 4.27. The van der Waals surface area contributed by atoms with Crippen molar-refractivity contribution < 1.29 is 13.9 Å². The molecule has 0 spiro atoms. The number of unbranched alkanes of at least 4 members (excludes halogenated alkanes) is 1. The molecule has 1 fully saturated rings. The van der Waals surface area contributed by atoms with Gasteiger partial charge in [-0.3, -0.25) is 0 Å². The number of hydrogen-bond donors (Lipinski definition) is 1. The average molecular weight is 248 g/mol. The molecule has 0 saturated heterocycles. The Kier molecular flexibility index (Phi) is 5.84. The maximum absolute atomic E-state index is 13.1. The van der Waals surface area contributed by atoms with Gasteiger partial charge in [0.05, 0.1) is 6.10 Å². The van der Waals surface area contributed by atoms with Crippen molar-refractivity contribution in [3.05, 3.63) is 0 Å². The fourth-order valence-corrected chi connectivity index (χ4v) is 2.83. The highest BCUT2D eigenvalue weighted by molar-refractivity contribution is 4.86. The number of aliphatic hydroxyl groups is 1. The van der Waals surface area contributed by atoms with Gasteiger partial charge in [-0.2, -0.15) is 0 Å². The molecule has 102 valence electrons. The molecule has 1 nitrogen and oxygen atoms in total. The van der Waals surface area contributed by atoms with Gasteiger partial charge in [-0.15, -0.1) is 0 Å². The fourth-order valence-electron chi connectivity index (χ4n) is 2.83. The zero-order valence-corrected chi connectivity index (χ0v) is 11.1. The highest BCUT2D eigenvalue weighted by Crippen LogP contribution is 2.41. The lowest BCUT2D eigenvalue weighted by molar-refractivity contribution is -0.00767. The number of alkyl halides is 2. The van der Waals surface area contributed by atoms with Crippen LogP contribution in [0.15, 0.2) is 0 Å². The van der Waals surface area contributed by atoms with E-state index in [-0.39, 0.29) is 18.8 Å². The summed E-state index contributed by atoms with van der Waals surface area (Å²) in [5.41, 5.74) is 0. The molecule has 3 atom stereocenters. The van der Waals surface area contributed by atoms with Crippen LogP contribution in [0.2, 0.25) is 0 Å². The highest BCUT2D eigenvalue weighted by Gasteiger charge is 2.42. The molecule has 0 heterocycles. The summed E-state index contributed by atoms with van der Waals surface area (Å²) in [6, 6.07) is 0. The number of halogens is 2. The van der Waals surface area contributed by atoms with Crippen molar-refractivity contribution in [3.8, 4) is 0 Å². The summed E-state index contributed by atoms with van der Waals surface area (Å²) in [4.78, 5) is 0. The van der Waals surface area contributed by atoms with Crippen molar-refractivity contribution in [2.24, 2.45) is 11.8 Å². The molecule has 0 radical (unpaired) electrons. The molecule has 1 aliphatic carbocycles. The zero-order valence-electron chi connectivity index (χ0n) is 11.1. The molecule has 17 heavy (non-hydrogen) atoms. The topological polar surface area (TPSA) is 20.2 Å². The molecule has 0 aromatic heterocycles. The quantitative estimate of drug-likeness (QED) is 0.708. The second-order valence-electron chi connectivity index (χ2n) is 5.58. The smallest absolute Gasteiger partial charge is 0.248 e. The van der Waals surface area contributed by atoms with Crippen LogP contribution in [-0.4, -0.2) is 17.1 Å². The number of hydrogen-bond acceptors (Lipinski definition) is 1. The summed E-state index contributed by atoms with van der Waals surface area (Å²) < 4.78 is 26.1. The first-order valence-electron chi connectivity index (χ1n) is 7.04. The Balaban J connectivity index is 2.34. The maximum atomic E-state index is 13.1. The Morgan fingerprint density at radius 2 is 2.06 bits per heavy atom. The number of rotatable bonds is 7. The molecule has 0 bridgehead atoms. The van der Waals surface area contributed by atoms with Gasteiger partial charge in [-0.1, -0.05) is 39.5 Å². The first-order chi connectivity index (χ1) is 7.98. The van der Waals surface area contributed by atoms with Crippen molar-refractivity contribution in [2.45, 2.75) is 77.2 Å². The van der Waals surface area contributed by atoms with E-state index >= 15 is 0 Å². The minimum atomic E-state index is -2.53. The van der Waals surface area contributed by atoms with Crippen molar-refractivity contribution in [2.75, 3.05) is 0 Å². The van der Waals surface area contributed by atoms with Crippen LogP contribution in [0.25, 0.3) is 0 Å². The minimum absolute atomic E-state index is 0.0412. The molecule has 0 aromatic carbocycles. The van der Waals surface area contributed by atoms with Gasteiger partial charge in [0.1, 0.15) is 0 Å². The predicted molar refractivity (Wildman–Crippen MR) is 66.2 cm³/mol. The first kappa shape index (κ1) is 14.9. The van der Waals surface area contributed by atoms with Gasteiger partial charge in [0, 0.05) is 12.8 Å². The van der Waals surface area contributed by atoms with E-state index in [1.165, 1.54) is 6.42 Å². The molecular formula is C14H26F2O. The summed E-state index contributed by atoms with van der Waals surface area (Å²) in [5, 5.41) is 10.0. The number of aliphatic hydroxyl groups excluding tert-OH is 1. The molecule has 1 aliphatic rings. The van der Waals surface area contributed by atoms with E-state index < -0.39 is 12.0 Å². The molecule has 3 unspecified atom stereocenters. The Morgan fingerprint density at radius 3 is 2.53 bits per heavy atom. The van der Waals surface area contributed by atoms with Crippen molar-refractivity contribution in [1.29, 1.82) is 0 Å². The molecule has 0 aliphatic heterocycles. The van der Waals surface area contributed by atoms with Gasteiger partial charge in [-0.25, -0.2) is 8.78 Å². The Hall–Kier alpha value is -0.180. The molecule has 0 amide bonds. The van der Waals surface area contributed by atoms with E-state index in [0.29, 0.717) is 18.8 Å². The van der Waals surface area contributed by atoms with Crippen LogP contribution < -0.4 is 0 Å². The second-order valence-corrected chi connectivity index (χ2v) is 5.58. The zero-order chi connectivity index (χ0) is 12.9. The van der Waals surface area contributed by atoms with Gasteiger partial charge >= 0.3 is 0 Å². The Morgan fingerprint density at radius 1 is 1.35 bits per heavy atom. The molecule has 3 heteroatoms. The van der Waals surface area contributed by atoms with Crippen LogP contribution in [0.1, 0.15) is 65.2 Å². The van der Waals surface area contributed by atoms with Gasteiger partial charge in [0.25, 0.3) is 0 Å². The van der Waals surface area contributed by atoms with Gasteiger partial charge in [-0.05, 0) is 24.7 Å². The molecular weight excluding hydrogens is 222 g/mol. The normalized spacial score (nSPS) is 27.0. The fraction of sp³-hybridized carbons (Fsp3) is 1.00. The van der Waals surface area contributed by atoms with Crippen molar-refractivity contribution in [1.82, 2.24) is 0 Å². The third-order valence-electron chi connectivity index (χ3n) is 4.10. The lowest BCUT2D eigenvalue weighted by Gasteiger charge is -2.23. The van der Waals surface area contributed by atoms with E-state index in [2.05, 4.69) is 13.8 Å². The van der Waals surface area contributed by atoms with E-state index in [0.717, 1.165) is 19.3 Å². The summed E-state index contributed by atoms with van der Waals surface area (Å²) in [5.74, 6) is -2.21. The van der Waals surface area contributed by atoms with E-state index in [1.807, 2.05) is 0 Å². The van der Waals surface area contributed by atoms with Crippen LogP contribution in [0.5, 0.6) is 0 Å².